The van der Waals surface area contributed by atoms with Crippen molar-refractivity contribution in [2.45, 2.75) is 25.3 Å². The van der Waals surface area contributed by atoms with Gasteiger partial charge in [0.1, 0.15) is 30.1 Å². The van der Waals surface area contributed by atoms with Crippen LogP contribution in [-0.4, -0.2) is 40.5 Å². The fourth-order valence-electron chi connectivity index (χ4n) is 3.16. The summed E-state index contributed by atoms with van der Waals surface area (Å²) in [6, 6.07) is 12.1. The number of aryl methyl sites for hydroxylation is 1. The van der Waals surface area contributed by atoms with Crippen LogP contribution in [0.5, 0.6) is 11.5 Å². The van der Waals surface area contributed by atoms with Gasteiger partial charge in [0.05, 0.1) is 24.2 Å². The fourth-order valence-corrected chi connectivity index (χ4v) is 4.47. The Bertz CT molecular complexity index is 1420. The lowest BCUT2D eigenvalue weighted by Gasteiger charge is -2.08. The van der Waals surface area contributed by atoms with E-state index in [-0.39, 0.29) is 30.4 Å². The maximum Gasteiger partial charge on any atom is 0.573 e. The summed E-state index contributed by atoms with van der Waals surface area (Å²) in [5, 5.41) is 7.40. The lowest BCUT2D eigenvalue weighted by atomic mass is 10.2. The maximum atomic E-state index is 12.3. The van der Waals surface area contributed by atoms with E-state index >= 15 is 0 Å². The highest BCUT2D eigenvalue weighted by molar-refractivity contribution is 7.90. The number of hydrogen-bond donors (Lipinski definition) is 0. The van der Waals surface area contributed by atoms with Crippen LogP contribution < -0.4 is 9.47 Å². The van der Waals surface area contributed by atoms with Gasteiger partial charge in [0.25, 0.3) is 0 Å². The molecular formula is C24H21F3N4O5S. The Morgan fingerprint density at radius 2 is 1.73 bits per heavy atom. The van der Waals surface area contributed by atoms with E-state index in [2.05, 4.69) is 20.0 Å². The number of ether oxygens (including phenoxy) is 2. The van der Waals surface area contributed by atoms with Crippen molar-refractivity contribution in [3.05, 3.63) is 89.9 Å². The van der Waals surface area contributed by atoms with E-state index in [0.29, 0.717) is 28.5 Å². The van der Waals surface area contributed by atoms with Gasteiger partial charge in [-0.1, -0.05) is 29.5 Å². The summed E-state index contributed by atoms with van der Waals surface area (Å²) >= 11 is 0. The van der Waals surface area contributed by atoms with Crippen molar-refractivity contribution >= 4 is 22.0 Å². The van der Waals surface area contributed by atoms with E-state index in [1.807, 2.05) is 0 Å². The summed E-state index contributed by atoms with van der Waals surface area (Å²) < 4.78 is 77.7. The van der Waals surface area contributed by atoms with Crippen LogP contribution in [-0.2, 0) is 28.7 Å². The molecule has 0 spiro atoms. The maximum absolute atomic E-state index is 12.3. The number of halogens is 3. The van der Waals surface area contributed by atoms with Crippen molar-refractivity contribution in [1.29, 1.82) is 0 Å². The predicted octanol–water partition coefficient (Wildman–Crippen LogP) is 4.53. The average molecular weight is 535 g/mol. The second-order valence-electron chi connectivity index (χ2n) is 7.82. The highest BCUT2D eigenvalue weighted by Gasteiger charge is 2.30. The molecule has 0 unspecified atom stereocenters. The van der Waals surface area contributed by atoms with Gasteiger partial charge in [0.2, 0.25) is 5.89 Å². The molecule has 37 heavy (non-hydrogen) atoms. The SMILES string of the molecule is O=S(=O)(CCn1ccnn1)Cc1ccc(OCc2coc(/C=C/c3ccc(OC(F)(F)F)cc3)n2)cc1. The van der Waals surface area contributed by atoms with Crippen molar-refractivity contribution in [2.24, 2.45) is 0 Å². The van der Waals surface area contributed by atoms with Crippen molar-refractivity contribution in [1.82, 2.24) is 20.0 Å². The smallest absolute Gasteiger partial charge is 0.487 e. The second-order valence-corrected chi connectivity index (χ2v) is 10.0. The fraction of sp³-hybridized carbons (Fsp3) is 0.208. The van der Waals surface area contributed by atoms with Crippen LogP contribution in [0.4, 0.5) is 13.2 Å². The molecule has 0 N–H and O–H groups in total. The Hall–Kier alpha value is -4.13. The van der Waals surface area contributed by atoms with Gasteiger partial charge in [0.15, 0.2) is 9.84 Å². The molecule has 2 aromatic heterocycles. The van der Waals surface area contributed by atoms with E-state index in [0.717, 1.165) is 0 Å². The Kier molecular flexibility index (Phi) is 7.92. The molecule has 2 heterocycles. The normalized spacial score (nSPS) is 12.2. The topological polar surface area (TPSA) is 109 Å². The molecule has 194 valence electrons. The molecule has 2 aromatic carbocycles. The van der Waals surface area contributed by atoms with Crippen molar-refractivity contribution < 1.29 is 35.5 Å². The minimum Gasteiger partial charge on any atom is -0.487 e. The molecule has 4 rings (SSSR count). The first kappa shape index (κ1) is 25.9. The number of alkyl halides is 3. The third kappa shape index (κ3) is 8.49. The van der Waals surface area contributed by atoms with Crippen molar-refractivity contribution in [3.63, 3.8) is 0 Å². The van der Waals surface area contributed by atoms with E-state index in [1.165, 1.54) is 41.4 Å². The lowest BCUT2D eigenvalue weighted by molar-refractivity contribution is -0.274. The van der Waals surface area contributed by atoms with Crippen LogP contribution in [0, 0.1) is 0 Å². The molecule has 0 amide bonds. The van der Waals surface area contributed by atoms with Crippen LogP contribution in [0.15, 0.2) is 71.6 Å². The third-order valence-corrected chi connectivity index (χ3v) is 6.48. The van der Waals surface area contributed by atoms with Gasteiger partial charge in [0, 0.05) is 12.3 Å². The monoisotopic (exact) mass is 534 g/mol. The van der Waals surface area contributed by atoms with Gasteiger partial charge in [-0.05, 0) is 41.5 Å². The zero-order valence-electron chi connectivity index (χ0n) is 19.2. The quantitative estimate of drug-likeness (QED) is 0.276. The van der Waals surface area contributed by atoms with Gasteiger partial charge in [-0.2, -0.15) is 0 Å². The number of oxazole rings is 1. The summed E-state index contributed by atoms with van der Waals surface area (Å²) in [7, 11) is -3.32. The van der Waals surface area contributed by atoms with Gasteiger partial charge in [-0.3, -0.25) is 4.68 Å². The molecule has 13 heteroatoms. The van der Waals surface area contributed by atoms with Crippen LogP contribution in [0.1, 0.15) is 22.7 Å². The van der Waals surface area contributed by atoms with Crippen LogP contribution in [0.25, 0.3) is 12.2 Å². The zero-order chi connectivity index (χ0) is 26.3. The minimum absolute atomic E-state index is 0.0463. The first-order chi connectivity index (χ1) is 17.6. The molecule has 0 saturated heterocycles. The second kappa shape index (κ2) is 11.3. The number of benzene rings is 2. The summed E-state index contributed by atoms with van der Waals surface area (Å²) in [5.41, 5.74) is 1.79. The molecule has 0 aliphatic heterocycles. The summed E-state index contributed by atoms with van der Waals surface area (Å²) in [6.45, 7) is 0.359. The molecule has 0 atom stereocenters. The molecule has 4 aromatic rings. The van der Waals surface area contributed by atoms with E-state index in [9.17, 15) is 21.6 Å². The standard InChI is InChI=1S/C24H21F3N4O5S/c25-24(26,27)36-22-8-1-18(2-9-22)5-10-23-29-20(16-35-23)15-34-21-6-3-19(4-7-21)17-37(32,33)14-13-31-12-11-28-30-31/h1-12,16H,13-15,17H2/b10-5+. The van der Waals surface area contributed by atoms with E-state index < -0.39 is 16.2 Å². The molecule has 0 saturated carbocycles. The summed E-state index contributed by atoms with van der Waals surface area (Å²) in [6.07, 6.45) is 2.99. The van der Waals surface area contributed by atoms with Gasteiger partial charge in [-0.15, -0.1) is 18.3 Å². The molecular weight excluding hydrogens is 513 g/mol. The highest BCUT2D eigenvalue weighted by atomic mass is 32.2. The first-order valence-electron chi connectivity index (χ1n) is 10.9. The zero-order valence-corrected chi connectivity index (χ0v) is 20.0. The number of aromatic nitrogens is 4. The van der Waals surface area contributed by atoms with Crippen LogP contribution >= 0.6 is 0 Å². The lowest BCUT2D eigenvalue weighted by Crippen LogP contribution is -2.16. The van der Waals surface area contributed by atoms with Gasteiger partial charge in [-0.25, -0.2) is 13.4 Å². The molecule has 0 radical (unpaired) electrons. The Morgan fingerprint density at radius 1 is 1.00 bits per heavy atom. The number of sulfone groups is 1. The van der Waals surface area contributed by atoms with Gasteiger partial charge < -0.3 is 13.9 Å². The number of nitrogens with zero attached hydrogens (tertiary/aromatic N) is 4. The Balaban J connectivity index is 1.25. The molecule has 0 aliphatic rings. The number of hydrogen-bond acceptors (Lipinski definition) is 8. The molecule has 0 fully saturated rings. The average Bonchev–Trinajstić information content (AvgIpc) is 3.53. The van der Waals surface area contributed by atoms with E-state index in [4.69, 9.17) is 9.15 Å². The minimum atomic E-state index is -4.74. The Labute approximate surface area is 210 Å². The van der Waals surface area contributed by atoms with E-state index in [1.54, 1.807) is 42.6 Å². The molecule has 0 aliphatic carbocycles. The molecule has 9 nitrogen and oxygen atoms in total. The highest BCUT2D eigenvalue weighted by Crippen LogP contribution is 2.23. The molecule has 0 bridgehead atoms. The third-order valence-electron chi connectivity index (χ3n) is 4.90. The summed E-state index contributed by atoms with van der Waals surface area (Å²) in [5.74, 6) is 0.373. The number of rotatable bonds is 11. The largest absolute Gasteiger partial charge is 0.573 e. The van der Waals surface area contributed by atoms with Crippen molar-refractivity contribution in [2.75, 3.05) is 5.75 Å². The van der Waals surface area contributed by atoms with Crippen molar-refractivity contribution in [3.8, 4) is 11.5 Å². The predicted molar refractivity (Wildman–Crippen MR) is 127 cm³/mol. The van der Waals surface area contributed by atoms with Crippen LogP contribution in [0.2, 0.25) is 0 Å². The van der Waals surface area contributed by atoms with Crippen LogP contribution in [0.3, 0.4) is 0 Å². The van der Waals surface area contributed by atoms with Gasteiger partial charge >= 0.3 is 6.36 Å². The summed E-state index contributed by atoms with van der Waals surface area (Å²) in [4.78, 5) is 4.27. The first-order valence-corrected chi connectivity index (χ1v) is 12.7. The Morgan fingerprint density at radius 3 is 2.41 bits per heavy atom.